The summed E-state index contributed by atoms with van der Waals surface area (Å²) in [6.45, 7) is 2.16. The third kappa shape index (κ3) is 3.83. The van der Waals surface area contributed by atoms with Crippen LogP contribution in [0.4, 0.5) is 5.69 Å². The number of nitroso groups, excluding NO2 is 1. The van der Waals surface area contributed by atoms with E-state index in [-0.39, 0.29) is 41.3 Å². The molecule has 35 heavy (non-hydrogen) atoms. The monoisotopic (exact) mass is 479 g/mol. The first-order valence-corrected chi connectivity index (χ1v) is 12.0. The van der Waals surface area contributed by atoms with E-state index in [1.54, 1.807) is 24.3 Å². The Labute approximate surface area is 203 Å². The van der Waals surface area contributed by atoms with E-state index in [4.69, 9.17) is 9.57 Å². The van der Waals surface area contributed by atoms with Crippen molar-refractivity contribution in [3.63, 3.8) is 0 Å². The second-order valence-corrected chi connectivity index (χ2v) is 10.1. The number of ether oxygens (including phenoxy) is 1. The van der Waals surface area contributed by atoms with E-state index in [9.17, 15) is 20.1 Å². The first-order valence-electron chi connectivity index (χ1n) is 12.0. The van der Waals surface area contributed by atoms with Crippen LogP contribution in [0.5, 0.6) is 11.5 Å². The Morgan fingerprint density at radius 3 is 2.77 bits per heavy atom. The standard InChI is InChI=1S/C26H29N3O6/c1-26-10-9-16-17-13-24(34-2)23(30)12-19(17)21(11-18(16)20(26)7-8-25(26)27-31)28-35-14-15-5-3-4-6-22(15)29(32)33/h3-6,12-13,16,18,20,25,30H,7-11,14H2,1-2H3/t16-,18-,20+,25?,26+/m1/s1. The highest BCUT2D eigenvalue weighted by Gasteiger charge is 2.56. The van der Waals surface area contributed by atoms with Crippen LogP contribution in [0.2, 0.25) is 0 Å². The summed E-state index contributed by atoms with van der Waals surface area (Å²) >= 11 is 0. The molecule has 0 aromatic heterocycles. The van der Waals surface area contributed by atoms with E-state index >= 15 is 0 Å². The number of rotatable bonds is 6. The number of nitro groups is 1. The lowest BCUT2D eigenvalue weighted by Crippen LogP contribution is -2.44. The summed E-state index contributed by atoms with van der Waals surface area (Å²) in [5.74, 6) is 1.30. The minimum atomic E-state index is -0.433. The highest BCUT2D eigenvalue weighted by molar-refractivity contribution is 6.03. The van der Waals surface area contributed by atoms with E-state index < -0.39 is 4.92 Å². The van der Waals surface area contributed by atoms with Gasteiger partial charge in [0, 0.05) is 11.6 Å². The van der Waals surface area contributed by atoms with E-state index in [1.165, 1.54) is 13.2 Å². The van der Waals surface area contributed by atoms with Gasteiger partial charge in [0.15, 0.2) is 11.5 Å². The van der Waals surface area contributed by atoms with Crippen LogP contribution in [-0.2, 0) is 11.4 Å². The molecule has 3 aliphatic rings. The molecular weight excluding hydrogens is 450 g/mol. The molecule has 0 amide bonds. The number of methoxy groups -OCH3 is 1. The highest BCUT2D eigenvalue weighted by Crippen LogP contribution is 2.62. The Balaban J connectivity index is 1.50. The number of hydrogen-bond acceptors (Lipinski definition) is 8. The molecule has 2 fully saturated rings. The summed E-state index contributed by atoms with van der Waals surface area (Å²) in [6.07, 6.45) is 4.25. The molecule has 0 spiro atoms. The Hall–Kier alpha value is -3.49. The molecule has 9 nitrogen and oxygen atoms in total. The van der Waals surface area contributed by atoms with Crippen molar-refractivity contribution in [3.05, 3.63) is 68.1 Å². The van der Waals surface area contributed by atoms with Gasteiger partial charge in [-0.1, -0.05) is 29.4 Å². The first kappa shape index (κ1) is 23.3. The zero-order valence-electron chi connectivity index (χ0n) is 19.8. The summed E-state index contributed by atoms with van der Waals surface area (Å²) in [6, 6.07) is 9.84. The number of fused-ring (bicyclic) bond motifs is 5. The van der Waals surface area contributed by atoms with Gasteiger partial charge in [-0.3, -0.25) is 10.1 Å². The number of nitrogens with zero attached hydrogens (tertiary/aromatic N) is 3. The predicted molar refractivity (Wildman–Crippen MR) is 130 cm³/mol. The van der Waals surface area contributed by atoms with Gasteiger partial charge in [0.05, 0.1) is 29.4 Å². The third-order valence-corrected chi connectivity index (χ3v) is 8.59. The molecule has 0 heterocycles. The zero-order chi connectivity index (χ0) is 24.7. The number of phenolic OH excluding ortho intramolecular Hbond substituents is 1. The Morgan fingerprint density at radius 1 is 1.23 bits per heavy atom. The van der Waals surface area contributed by atoms with Crippen LogP contribution in [0.1, 0.15) is 61.6 Å². The van der Waals surface area contributed by atoms with Crippen molar-refractivity contribution in [2.24, 2.45) is 27.6 Å². The number of para-hydroxylation sites is 1. The minimum Gasteiger partial charge on any atom is -0.504 e. The van der Waals surface area contributed by atoms with E-state index in [1.807, 2.05) is 6.07 Å². The van der Waals surface area contributed by atoms with Gasteiger partial charge < -0.3 is 14.7 Å². The van der Waals surface area contributed by atoms with Crippen LogP contribution in [0, 0.1) is 32.3 Å². The first-order chi connectivity index (χ1) is 16.9. The van der Waals surface area contributed by atoms with Gasteiger partial charge in [-0.2, -0.15) is 4.91 Å². The number of benzene rings is 2. The van der Waals surface area contributed by atoms with Crippen molar-refractivity contribution in [1.29, 1.82) is 0 Å². The summed E-state index contributed by atoms with van der Waals surface area (Å²) in [5.41, 5.74) is 2.88. The molecule has 1 unspecified atom stereocenters. The van der Waals surface area contributed by atoms with Crippen molar-refractivity contribution in [1.82, 2.24) is 0 Å². The highest BCUT2D eigenvalue weighted by atomic mass is 16.6. The lowest BCUT2D eigenvalue weighted by Gasteiger charge is -2.49. The average molecular weight is 480 g/mol. The fraction of sp³-hybridized carbons (Fsp3) is 0.500. The van der Waals surface area contributed by atoms with E-state index in [0.717, 1.165) is 36.8 Å². The Morgan fingerprint density at radius 2 is 2.03 bits per heavy atom. The molecule has 2 aromatic rings. The molecule has 1 N–H and O–H groups in total. The zero-order valence-corrected chi connectivity index (χ0v) is 19.8. The van der Waals surface area contributed by atoms with Gasteiger partial charge in [0.2, 0.25) is 0 Å². The summed E-state index contributed by atoms with van der Waals surface area (Å²) in [4.78, 5) is 28.1. The van der Waals surface area contributed by atoms with Crippen molar-refractivity contribution in [2.45, 2.75) is 57.6 Å². The summed E-state index contributed by atoms with van der Waals surface area (Å²) < 4.78 is 5.40. The number of oxime groups is 1. The van der Waals surface area contributed by atoms with Crippen LogP contribution >= 0.6 is 0 Å². The predicted octanol–water partition coefficient (Wildman–Crippen LogP) is 5.68. The average Bonchev–Trinajstić information content (AvgIpc) is 3.20. The van der Waals surface area contributed by atoms with Crippen molar-refractivity contribution < 1.29 is 19.6 Å². The molecule has 184 valence electrons. The molecule has 2 aromatic carbocycles. The van der Waals surface area contributed by atoms with Gasteiger partial charge in [0.25, 0.3) is 5.69 Å². The van der Waals surface area contributed by atoms with Crippen molar-refractivity contribution in [2.75, 3.05) is 7.11 Å². The van der Waals surface area contributed by atoms with Crippen LogP contribution in [0.3, 0.4) is 0 Å². The van der Waals surface area contributed by atoms with Gasteiger partial charge in [-0.15, -0.1) is 0 Å². The van der Waals surface area contributed by atoms with Crippen LogP contribution in [0.25, 0.3) is 0 Å². The number of hydrogen-bond donors (Lipinski definition) is 1. The molecule has 0 aliphatic heterocycles. The van der Waals surface area contributed by atoms with Crippen LogP contribution in [0.15, 0.2) is 46.7 Å². The van der Waals surface area contributed by atoms with E-state index in [0.29, 0.717) is 29.4 Å². The van der Waals surface area contributed by atoms with Gasteiger partial charge in [-0.05, 0) is 79.0 Å². The maximum absolute atomic E-state index is 11.6. The number of phenols is 1. The molecule has 0 radical (unpaired) electrons. The largest absolute Gasteiger partial charge is 0.504 e. The lowest BCUT2D eigenvalue weighted by atomic mass is 9.55. The molecular formula is C26H29N3O6. The SMILES string of the molecule is COc1cc2c(cc1O)C(=NOCc1ccccc1[N+](=O)[O-])C[C@@H]1[C@@H]2CC[C@]2(C)C(N=O)CC[C@@H]12. The normalized spacial score (nSPS) is 30.2. The van der Waals surface area contributed by atoms with Crippen LogP contribution in [-0.4, -0.2) is 28.9 Å². The smallest absolute Gasteiger partial charge is 0.276 e. The Bertz CT molecular complexity index is 1200. The second-order valence-electron chi connectivity index (χ2n) is 10.1. The molecule has 3 aliphatic carbocycles. The lowest BCUT2D eigenvalue weighted by molar-refractivity contribution is -0.386. The molecule has 5 rings (SSSR count). The second kappa shape index (κ2) is 8.94. The molecule has 9 heteroatoms. The maximum Gasteiger partial charge on any atom is 0.276 e. The molecule has 0 saturated heterocycles. The fourth-order valence-electron chi connectivity index (χ4n) is 6.82. The van der Waals surface area contributed by atoms with E-state index in [2.05, 4.69) is 17.3 Å². The quantitative estimate of drug-likeness (QED) is 0.323. The summed E-state index contributed by atoms with van der Waals surface area (Å²) in [7, 11) is 1.53. The van der Waals surface area contributed by atoms with Crippen molar-refractivity contribution in [3.8, 4) is 11.5 Å². The minimum absolute atomic E-state index is 0.0133. The van der Waals surface area contributed by atoms with Gasteiger partial charge >= 0.3 is 0 Å². The Kier molecular flexibility index (Phi) is 5.94. The molecule has 0 bridgehead atoms. The number of aromatic hydroxyl groups is 1. The summed E-state index contributed by atoms with van der Waals surface area (Å²) in [5, 5.41) is 29.8. The van der Waals surface area contributed by atoms with Gasteiger partial charge in [-0.25, -0.2) is 0 Å². The fourth-order valence-corrected chi connectivity index (χ4v) is 6.82. The van der Waals surface area contributed by atoms with Gasteiger partial charge in [0.1, 0.15) is 6.61 Å². The van der Waals surface area contributed by atoms with Crippen molar-refractivity contribution >= 4 is 11.4 Å². The number of nitro benzene ring substituents is 1. The third-order valence-electron chi connectivity index (χ3n) is 8.59. The topological polar surface area (TPSA) is 124 Å². The molecule has 5 atom stereocenters. The molecule has 2 saturated carbocycles. The maximum atomic E-state index is 11.6. The van der Waals surface area contributed by atoms with Crippen LogP contribution < -0.4 is 4.74 Å².